The van der Waals surface area contributed by atoms with E-state index in [2.05, 4.69) is 10.0 Å². The van der Waals surface area contributed by atoms with Crippen molar-refractivity contribution in [2.45, 2.75) is 55.9 Å². The summed E-state index contributed by atoms with van der Waals surface area (Å²) in [6, 6.07) is 2.23. The zero-order valence-corrected chi connectivity index (χ0v) is 15.2. The van der Waals surface area contributed by atoms with Crippen LogP contribution in [0.1, 0.15) is 44.6 Å². The minimum absolute atomic E-state index is 0.134. The topological polar surface area (TPSA) is 102 Å². The summed E-state index contributed by atoms with van der Waals surface area (Å²) in [7, 11) is -4.28. The summed E-state index contributed by atoms with van der Waals surface area (Å²) < 4.78 is 47.5. The first-order valence-corrected chi connectivity index (χ1v) is 10.1. The van der Waals surface area contributed by atoms with Crippen LogP contribution in [0, 0.1) is 5.82 Å². The van der Waals surface area contributed by atoms with Gasteiger partial charge in [0.15, 0.2) is 0 Å². The van der Waals surface area contributed by atoms with Crippen LogP contribution in [0.25, 0.3) is 0 Å². The maximum absolute atomic E-state index is 14.5. The van der Waals surface area contributed by atoms with Crippen LogP contribution in [0.3, 0.4) is 0 Å². The van der Waals surface area contributed by atoms with Crippen molar-refractivity contribution in [1.29, 1.82) is 0 Å². The van der Waals surface area contributed by atoms with Crippen molar-refractivity contribution in [1.82, 2.24) is 4.72 Å². The average Bonchev–Trinajstić information content (AvgIpc) is 3.03. The Kier molecular flexibility index (Phi) is 5.03. The zero-order valence-electron chi connectivity index (χ0n) is 14.4. The van der Waals surface area contributed by atoms with Crippen molar-refractivity contribution in [2.24, 2.45) is 0 Å². The van der Waals surface area contributed by atoms with Crippen molar-refractivity contribution in [3.8, 4) is 0 Å². The molecule has 0 bridgehead atoms. The van der Waals surface area contributed by atoms with Gasteiger partial charge in [0.05, 0.1) is 6.61 Å². The number of carbonyl (C=O) groups excluding carboxylic acids is 2. The predicted molar refractivity (Wildman–Crippen MR) is 91.5 cm³/mol. The lowest BCUT2D eigenvalue weighted by Crippen LogP contribution is -2.53. The Balaban J connectivity index is 1.95. The highest BCUT2D eigenvalue weighted by atomic mass is 32.2. The van der Waals surface area contributed by atoms with Crippen LogP contribution in [-0.4, -0.2) is 32.4 Å². The minimum Gasteiger partial charge on any atom is -0.465 e. The van der Waals surface area contributed by atoms with E-state index >= 15 is 0 Å². The quantitative estimate of drug-likeness (QED) is 0.755. The Hall–Kier alpha value is -2.00. The second-order valence-electron chi connectivity index (χ2n) is 6.60. The molecule has 1 aliphatic heterocycles. The molecule has 7 nitrogen and oxygen atoms in total. The van der Waals surface area contributed by atoms with Crippen molar-refractivity contribution in [3.63, 3.8) is 0 Å². The highest BCUT2D eigenvalue weighted by molar-refractivity contribution is 7.89. The Morgan fingerprint density at radius 2 is 2.00 bits per heavy atom. The average molecular weight is 384 g/mol. The number of aryl methyl sites for hydroxylation is 1. The lowest BCUT2D eigenvalue weighted by Gasteiger charge is -2.28. The maximum atomic E-state index is 14.5. The number of benzene rings is 1. The fourth-order valence-electron chi connectivity index (χ4n) is 3.49. The molecule has 1 saturated carbocycles. The number of hydrogen-bond donors (Lipinski definition) is 2. The Bertz CT molecular complexity index is 847. The SMILES string of the molecule is CCOC(=O)C1(NS(=O)(=O)c2cc3c(cc2F)NC(=O)CC3)CCCC1. The summed E-state index contributed by atoms with van der Waals surface area (Å²) >= 11 is 0. The van der Waals surface area contributed by atoms with E-state index in [0.29, 0.717) is 37.7 Å². The molecule has 142 valence electrons. The standard InChI is InChI=1S/C17H21FN2O5S/c1-2-25-16(22)17(7-3-4-8-17)20-26(23,24)14-9-11-5-6-15(21)19-13(11)10-12(14)18/h9-10,20H,2-8H2,1H3,(H,19,21). The van der Waals surface area contributed by atoms with Crippen LogP contribution in [0.5, 0.6) is 0 Å². The summed E-state index contributed by atoms with van der Waals surface area (Å²) in [6.45, 7) is 1.78. The predicted octanol–water partition coefficient (Wildman–Crippen LogP) is 1.86. The van der Waals surface area contributed by atoms with Crippen molar-refractivity contribution in [2.75, 3.05) is 11.9 Å². The van der Waals surface area contributed by atoms with Crippen molar-refractivity contribution >= 4 is 27.6 Å². The molecule has 2 N–H and O–H groups in total. The number of sulfonamides is 1. The van der Waals surface area contributed by atoms with E-state index in [0.717, 1.165) is 6.07 Å². The number of ether oxygens (including phenoxy) is 1. The summed E-state index contributed by atoms with van der Waals surface area (Å²) in [6.07, 6.45) is 2.52. The summed E-state index contributed by atoms with van der Waals surface area (Å²) in [5, 5.41) is 2.53. The van der Waals surface area contributed by atoms with Gasteiger partial charge in [0.2, 0.25) is 15.9 Å². The van der Waals surface area contributed by atoms with Gasteiger partial charge in [-0.25, -0.2) is 12.8 Å². The number of hydrogen-bond acceptors (Lipinski definition) is 5. The lowest BCUT2D eigenvalue weighted by molar-refractivity contribution is -0.150. The molecule has 1 heterocycles. The smallest absolute Gasteiger partial charge is 0.327 e. The van der Waals surface area contributed by atoms with Crippen LogP contribution in [0.15, 0.2) is 17.0 Å². The Morgan fingerprint density at radius 3 is 2.65 bits per heavy atom. The maximum Gasteiger partial charge on any atom is 0.327 e. The molecule has 0 radical (unpaired) electrons. The van der Waals surface area contributed by atoms with Crippen LogP contribution >= 0.6 is 0 Å². The number of fused-ring (bicyclic) bond motifs is 1. The first-order chi connectivity index (χ1) is 12.3. The van der Waals surface area contributed by atoms with Crippen LogP contribution < -0.4 is 10.0 Å². The zero-order chi connectivity index (χ0) is 18.9. The first-order valence-electron chi connectivity index (χ1n) is 8.61. The molecule has 3 rings (SSSR count). The van der Waals surface area contributed by atoms with Gasteiger partial charge in [0.25, 0.3) is 0 Å². The molecule has 2 aliphatic rings. The molecule has 1 fully saturated rings. The molecular formula is C17H21FN2O5S. The molecule has 9 heteroatoms. The van der Waals surface area contributed by atoms with Gasteiger partial charge in [0.1, 0.15) is 16.3 Å². The highest BCUT2D eigenvalue weighted by Gasteiger charge is 2.46. The molecule has 0 aromatic heterocycles. The van der Waals surface area contributed by atoms with Gasteiger partial charge in [-0.1, -0.05) is 12.8 Å². The van der Waals surface area contributed by atoms with Crippen molar-refractivity contribution < 1.29 is 27.1 Å². The molecule has 26 heavy (non-hydrogen) atoms. The second kappa shape index (κ2) is 6.96. The van der Waals surface area contributed by atoms with Crippen LogP contribution in [0.2, 0.25) is 0 Å². The van der Waals surface area contributed by atoms with Crippen LogP contribution in [0.4, 0.5) is 10.1 Å². The summed E-state index contributed by atoms with van der Waals surface area (Å²) in [4.78, 5) is 23.2. The number of carbonyl (C=O) groups is 2. The molecule has 1 aromatic carbocycles. The number of anilines is 1. The number of rotatable bonds is 5. The van der Waals surface area contributed by atoms with E-state index in [1.54, 1.807) is 6.92 Å². The fourth-order valence-corrected chi connectivity index (χ4v) is 5.02. The number of nitrogens with one attached hydrogen (secondary N) is 2. The third-order valence-corrected chi connectivity index (χ3v) is 6.35. The van der Waals surface area contributed by atoms with Gasteiger partial charge in [-0.3, -0.25) is 9.59 Å². The molecule has 0 unspecified atom stereocenters. The highest BCUT2D eigenvalue weighted by Crippen LogP contribution is 2.34. The largest absolute Gasteiger partial charge is 0.465 e. The third kappa shape index (κ3) is 3.45. The van der Waals surface area contributed by atoms with E-state index in [1.165, 1.54) is 6.07 Å². The Morgan fingerprint density at radius 1 is 1.31 bits per heavy atom. The number of amides is 1. The lowest BCUT2D eigenvalue weighted by atomic mass is 10.00. The first kappa shape index (κ1) is 18.8. The summed E-state index contributed by atoms with van der Waals surface area (Å²) in [5.41, 5.74) is -0.535. The third-order valence-electron chi connectivity index (χ3n) is 4.80. The van der Waals surface area contributed by atoms with E-state index in [1.807, 2.05) is 0 Å². The van der Waals surface area contributed by atoms with Gasteiger partial charge < -0.3 is 10.1 Å². The summed E-state index contributed by atoms with van der Waals surface area (Å²) in [5.74, 6) is -1.85. The molecule has 1 aromatic rings. The van der Waals surface area contributed by atoms with Gasteiger partial charge in [-0.05, 0) is 43.9 Å². The van der Waals surface area contributed by atoms with Gasteiger partial charge >= 0.3 is 5.97 Å². The van der Waals surface area contributed by atoms with E-state index in [-0.39, 0.29) is 24.6 Å². The molecular weight excluding hydrogens is 363 g/mol. The monoisotopic (exact) mass is 384 g/mol. The van der Waals surface area contributed by atoms with E-state index in [9.17, 15) is 22.4 Å². The number of esters is 1. The van der Waals surface area contributed by atoms with Gasteiger partial charge in [0, 0.05) is 12.1 Å². The van der Waals surface area contributed by atoms with E-state index in [4.69, 9.17) is 4.74 Å². The Labute approximate surface area is 151 Å². The molecule has 0 saturated heterocycles. The molecule has 0 atom stereocenters. The van der Waals surface area contributed by atoms with Crippen molar-refractivity contribution in [3.05, 3.63) is 23.5 Å². The normalized spacial score (nSPS) is 18.9. The van der Waals surface area contributed by atoms with Gasteiger partial charge in [-0.15, -0.1) is 0 Å². The number of halogens is 1. The van der Waals surface area contributed by atoms with Crippen LogP contribution in [-0.2, 0) is 30.8 Å². The minimum atomic E-state index is -4.28. The molecule has 0 spiro atoms. The molecule has 1 amide bonds. The molecule has 1 aliphatic carbocycles. The fraction of sp³-hybridized carbons (Fsp3) is 0.529. The second-order valence-corrected chi connectivity index (χ2v) is 8.25. The van der Waals surface area contributed by atoms with E-state index < -0.39 is 32.2 Å². The van der Waals surface area contributed by atoms with Gasteiger partial charge in [-0.2, -0.15) is 4.72 Å².